The van der Waals surface area contributed by atoms with Crippen molar-refractivity contribution in [3.63, 3.8) is 0 Å². The van der Waals surface area contributed by atoms with Crippen LogP contribution in [0.15, 0.2) is 24.3 Å². The van der Waals surface area contributed by atoms with Crippen LogP contribution in [-0.4, -0.2) is 49.8 Å². The number of benzene rings is 1. The molecule has 0 aliphatic carbocycles. The van der Waals surface area contributed by atoms with E-state index in [1.807, 2.05) is 19.0 Å². The number of nitrogens with zero attached hydrogens (tertiary/aromatic N) is 1. The zero-order chi connectivity index (χ0) is 16.5. The van der Waals surface area contributed by atoms with E-state index in [1.165, 1.54) is 6.92 Å². The summed E-state index contributed by atoms with van der Waals surface area (Å²) in [6.45, 7) is 2.62. The fourth-order valence-corrected chi connectivity index (χ4v) is 1.71. The van der Waals surface area contributed by atoms with Crippen LogP contribution in [0.5, 0.6) is 0 Å². The summed E-state index contributed by atoms with van der Waals surface area (Å²) in [5.74, 6) is -0.913. The molecule has 0 unspecified atom stereocenters. The first-order valence-corrected chi connectivity index (χ1v) is 6.96. The number of hydrogen-bond donors (Lipinski definition) is 3. The van der Waals surface area contributed by atoms with Crippen molar-refractivity contribution in [2.75, 3.05) is 37.8 Å². The molecule has 1 aromatic rings. The summed E-state index contributed by atoms with van der Waals surface area (Å²) in [5, 5.41) is 7.92. The third kappa shape index (κ3) is 7.39. The Kier molecular flexibility index (Phi) is 7.04. The predicted octanol–water partition coefficient (Wildman–Crippen LogP) is 0.651. The van der Waals surface area contributed by atoms with E-state index in [0.29, 0.717) is 24.5 Å². The summed E-state index contributed by atoms with van der Waals surface area (Å²) < 4.78 is 0. The lowest BCUT2D eigenvalue weighted by Gasteiger charge is -2.11. The van der Waals surface area contributed by atoms with Gasteiger partial charge in [-0.1, -0.05) is 6.07 Å². The van der Waals surface area contributed by atoms with Crippen molar-refractivity contribution < 1.29 is 14.4 Å². The van der Waals surface area contributed by atoms with Crippen LogP contribution in [0.3, 0.4) is 0 Å². The third-order valence-electron chi connectivity index (χ3n) is 2.67. The number of amides is 3. The van der Waals surface area contributed by atoms with E-state index in [9.17, 15) is 14.4 Å². The molecule has 7 nitrogen and oxygen atoms in total. The summed E-state index contributed by atoms with van der Waals surface area (Å²) >= 11 is 0. The van der Waals surface area contributed by atoms with Gasteiger partial charge in [-0.05, 0) is 32.3 Å². The standard InChI is InChI=1S/C15H22N4O3/c1-11(20)17-12-5-4-6-13(9-12)18-15(22)10-14(21)16-7-8-19(2)3/h4-6,9H,7-8,10H2,1-3H3,(H,16,21)(H,17,20)(H,18,22). The largest absolute Gasteiger partial charge is 0.354 e. The molecule has 0 saturated carbocycles. The molecule has 0 atom stereocenters. The highest BCUT2D eigenvalue weighted by atomic mass is 16.2. The molecule has 7 heteroatoms. The molecular formula is C15H22N4O3. The van der Waals surface area contributed by atoms with Crippen molar-refractivity contribution in [2.24, 2.45) is 0 Å². The van der Waals surface area contributed by atoms with Gasteiger partial charge in [0.05, 0.1) is 0 Å². The lowest BCUT2D eigenvalue weighted by atomic mass is 10.2. The molecule has 120 valence electrons. The molecule has 0 spiro atoms. The summed E-state index contributed by atoms with van der Waals surface area (Å²) in [7, 11) is 3.81. The van der Waals surface area contributed by atoms with Crippen LogP contribution in [0.25, 0.3) is 0 Å². The topological polar surface area (TPSA) is 90.5 Å². The van der Waals surface area contributed by atoms with Crippen LogP contribution >= 0.6 is 0 Å². The van der Waals surface area contributed by atoms with Crippen LogP contribution in [0.2, 0.25) is 0 Å². The van der Waals surface area contributed by atoms with Gasteiger partial charge in [0, 0.05) is 31.4 Å². The number of anilines is 2. The maximum absolute atomic E-state index is 11.8. The van der Waals surface area contributed by atoms with E-state index in [0.717, 1.165) is 0 Å². The van der Waals surface area contributed by atoms with Crippen molar-refractivity contribution in [1.29, 1.82) is 0 Å². The molecule has 3 N–H and O–H groups in total. The average Bonchev–Trinajstić information content (AvgIpc) is 2.37. The van der Waals surface area contributed by atoms with Crippen molar-refractivity contribution in [3.8, 4) is 0 Å². The van der Waals surface area contributed by atoms with E-state index in [4.69, 9.17) is 0 Å². The Morgan fingerprint density at radius 2 is 1.68 bits per heavy atom. The molecule has 0 fully saturated rings. The van der Waals surface area contributed by atoms with Crippen molar-refractivity contribution >= 4 is 29.1 Å². The molecule has 0 radical (unpaired) electrons. The van der Waals surface area contributed by atoms with Gasteiger partial charge >= 0.3 is 0 Å². The number of hydrogen-bond acceptors (Lipinski definition) is 4. The fraction of sp³-hybridized carbons (Fsp3) is 0.400. The molecule has 1 rings (SSSR count). The quantitative estimate of drug-likeness (QED) is 0.645. The van der Waals surface area contributed by atoms with E-state index >= 15 is 0 Å². The smallest absolute Gasteiger partial charge is 0.233 e. The Hall–Kier alpha value is -2.41. The second-order valence-corrected chi connectivity index (χ2v) is 5.14. The summed E-state index contributed by atoms with van der Waals surface area (Å²) in [6, 6.07) is 6.74. The van der Waals surface area contributed by atoms with E-state index in [1.54, 1.807) is 24.3 Å². The van der Waals surface area contributed by atoms with Gasteiger partial charge in [-0.3, -0.25) is 14.4 Å². The molecule has 0 saturated heterocycles. The van der Waals surface area contributed by atoms with E-state index in [-0.39, 0.29) is 18.2 Å². The number of carbonyl (C=O) groups is 3. The first-order valence-electron chi connectivity index (χ1n) is 6.96. The van der Waals surface area contributed by atoms with Gasteiger partial charge in [0.25, 0.3) is 0 Å². The molecule has 1 aromatic carbocycles. The van der Waals surface area contributed by atoms with Gasteiger partial charge in [-0.2, -0.15) is 0 Å². The molecular weight excluding hydrogens is 284 g/mol. The highest BCUT2D eigenvalue weighted by molar-refractivity contribution is 6.03. The fourth-order valence-electron chi connectivity index (χ4n) is 1.71. The minimum atomic E-state index is -0.401. The molecule has 0 bridgehead atoms. The average molecular weight is 306 g/mol. The van der Waals surface area contributed by atoms with Crippen LogP contribution in [0, 0.1) is 0 Å². The summed E-state index contributed by atoms with van der Waals surface area (Å²) in [5.41, 5.74) is 1.11. The maximum Gasteiger partial charge on any atom is 0.233 e. The minimum Gasteiger partial charge on any atom is -0.354 e. The van der Waals surface area contributed by atoms with Gasteiger partial charge < -0.3 is 20.9 Å². The monoisotopic (exact) mass is 306 g/mol. The summed E-state index contributed by atoms with van der Waals surface area (Å²) in [4.78, 5) is 36.3. The Labute approximate surface area is 130 Å². The second kappa shape index (κ2) is 8.78. The van der Waals surface area contributed by atoms with E-state index in [2.05, 4.69) is 16.0 Å². The Morgan fingerprint density at radius 1 is 1.05 bits per heavy atom. The SMILES string of the molecule is CC(=O)Nc1cccc(NC(=O)CC(=O)NCCN(C)C)c1. The molecule has 0 aromatic heterocycles. The predicted molar refractivity (Wildman–Crippen MR) is 85.6 cm³/mol. The number of rotatable bonds is 7. The first-order chi connectivity index (χ1) is 10.4. The lowest BCUT2D eigenvalue weighted by molar-refractivity contribution is -0.126. The number of likely N-dealkylation sites (N-methyl/N-ethyl adjacent to an activating group) is 1. The minimum absolute atomic E-state index is 0.191. The third-order valence-corrected chi connectivity index (χ3v) is 2.67. The Balaban J connectivity index is 2.44. The highest BCUT2D eigenvalue weighted by Crippen LogP contribution is 2.15. The normalized spacial score (nSPS) is 10.2. The number of nitrogens with one attached hydrogen (secondary N) is 3. The molecule has 0 aliphatic rings. The number of carbonyl (C=O) groups excluding carboxylic acids is 3. The highest BCUT2D eigenvalue weighted by Gasteiger charge is 2.09. The van der Waals surface area contributed by atoms with Crippen LogP contribution in [-0.2, 0) is 14.4 Å². The van der Waals surface area contributed by atoms with Crippen molar-refractivity contribution in [3.05, 3.63) is 24.3 Å². The zero-order valence-electron chi connectivity index (χ0n) is 13.1. The molecule has 0 heterocycles. The van der Waals surface area contributed by atoms with Gasteiger partial charge in [0.2, 0.25) is 17.7 Å². The van der Waals surface area contributed by atoms with Gasteiger partial charge in [0.15, 0.2) is 0 Å². The van der Waals surface area contributed by atoms with Gasteiger partial charge in [-0.25, -0.2) is 0 Å². The summed E-state index contributed by atoms with van der Waals surface area (Å²) in [6.07, 6.45) is -0.238. The van der Waals surface area contributed by atoms with E-state index < -0.39 is 5.91 Å². The maximum atomic E-state index is 11.8. The van der Waals surface area contributed by atoms with Gasteiger partial charge in [0.1, 0.15) is 6.42 Å². The van der Waals surface area contributed by atoms with Crippen LogP contribution in [0.4, 0.5) is 11.4 Å². The Bertz CT molecular complexity index is 543. The second-order valence-electron chi connectivity index (χ2n) is 5.14. The lowest BCUT2D eigenvalue weighted by Crippen LogP contribution is -2.33. The zero-order valence-corrected chi connectivity index (χ0v) is 13.1. The van der Waals surface area contributed by atoms with Crippen molar-refractivity contribution in [1.82, 2.24) is 10.2 Å². The van der Waals surface area contributed by atoms with Crippen LogP contribution < -0.4 is 16.0 Å². The van der Waals surface area contributed by atoms with Gasteiger partial charge in [-0.15, -0.1) is 0 Å². The van der Waals surface area contributed by atoms with Crippen molar-refractivity contribution in [2.45, 2.75) is 13.3 Å². The molecule has 3 amide bonds. The first kappa shape index (κ1) is 17.6. The molecule has 0 aliphatic heterocycles. The molecule has 22 heavy (non-hydrogen) atoms. The Morgan fingerprint density at radius 3 is 2.27 bits per heavy atom. The van der Waals surface area contributed by atoms with Crippen LogP contribution in [0.1, 0.15) is 13.3 Å².